The molecule has 0 aromatic heterocycles. The van der Waals surface area contributed by atoms with Crippen LogP contribution < -0.4 is 5.32 Å². The smallest absolute Gasteiger partial charge is 0.242 e. The molecule has 0 aromatic rings. The van der Waals surface area contributed by atoms with Crippen molar-refractivity contribution in [3.63, 3.8) is 0 Å². The molecule has 1 N–H and O–H groups in total. The molecule has 144 valence electrons. The summed E-state index contributed by atoms with van der Waals surface area (Å²) in [7, 11) is -2.89. The fourth-order valence-electron chi connectivity index (χ4n) is 3.97. The largest absolute Gasteiger partial charge is 0.357 e. The molecular formula is C17H32N4O3S. The Morgan fingerprint density at radius 2 is 2.08 bits per heavy atom. The molecule has 8 heteroatoms. The molecule has 2 aliphatic heterocycles. The van der Waals surface area contributed by atoms with Crippen LogP contribution in [0.3, 0.4) is 0 Å². The normalized spacial score (nSPS) is 26.4. The highest BCUT2D eigenvalue weighted by Crippen LogP contribution is 2.25. The van der Waals surface area contributed by atoms with Gasteiger partial charge in [-0.3, -0.25) is 9.79 Å². The molecule has 2 saturated heterocycles. The highest BCUT2D eigenvalue weighted by molar-refractivity contribution is 7.91. The first-order valence-electron chi connectivity index (χ1n) is 9.11. The maximum Gasteiger partial charge on any atom is 0.242 e. The Kier molecular flexibility index (Phi) is 6.01. The van der Waals surface area contributed by atoms with E-state index in [4.69, 9.17) is 0 Å². The summed E-state index contributed by atoms with van der Waals surface area (Å²) in [5.74, 6) is 1.38. The highest BCUT2D eigenvalue weighted by Gasteiger charge is 2.40. The average molecular weight is 373 g/mol. The zero-order valence-electron chi connectivity index (χ0n) is 16.1. The van der Waals surface area contributed by atoms with Crippen LogP contribution in [0.5, 0.6) is 0 Å². The van der Waals surface area contributed by atoms with Crippen LogP contribution in [-0.2, 0) is 14.6 Å². The Balaban J connectivity index is 2.12. The summed E-state index contributed by atoms with van der Waals surface area (Å²) in [6.45, 7) is 12.4. The van der Waals surface area contributed by atoms with Gasteiger partial charge in [0.05, 0.1) is 23.6 Å². The maximum atomic E-state index is 12.6. The van der Waals surface area contributed by atoms with Gasteiger partial charge in [-0.05, 0) is 47.0 Å². The van der Waals surface area contributed by atoms with Crippen molar-refractivity contribution in [2.75, 3.05) is 37.7 Å². The Morgan fingerprint density at radius 1 is 1.40 bits per heavy atom. The van der Waals surface area contributed by atoms with Crippen LogP contribution in [0.25, 0.3) is 0 Å². The van der Waals surface area contributed by atoms with Crippen molar-refractivity contribution in [1.82, 2.24) is 15.1 Å². The summed E-state index contributed by atoms with van der Waals surface area (Å²) in [6.07, 6.45) is 0.677. The van der Waals surface area contributed by atoms with Gasteiger partial charge in [0, 0.05) is 25.7 Å². The van der Waals surface area contributed by atoms with E-state index in [-0.39, 0.29) is 34.9 Å². The van der Waals surface area contributed by atoms with Gasteiger partial charge in [0.25, 0.3) is 0 Å². The second-order valence-corrected chi connectivity index (χ2v) is 10.2. The molecule has 0 aliphatic carbocycles. The fraction of sp³-hybridized carbons (Fsp3) is 0.882. The van der Waals surface area contributed by atoms with Gasteiger partial charge in [-0.15, -0.1) is 0 Å². The highest BCUT2D eigenvalue weighted by atomic mass is 32.2. The van der Waals surface area contributed by atoms with Crippen LogP contribution in [0.1, 0.15) is 41.0 Å². The van der Waals surface area contributed by atoms with Crippen LogP contribution >= 0.6 is 0 Å². The van der Waals surface area contributed by atoms with Gasteiger partial charge in [-0.25, -0.2) is 8.42 Å². The summed E-state index contributed by atoms with van der Waals surface area (Å²) < 4.78 is 23.2. The lowest BCUT2D eigenvalue weighted by Gasteiger charge is -2.49. The fourth-order valence-corrected chi connectivity index (χ4v) is 5.82. The number of rotatable bonds is 4. The first-order chi connectivity index (χ1) is 11.6. The molecule has 0 radical (unpaired) electrons. The van der Waals surface area contributed by atoms with Crippen molar-refractivity contribution in [2.45, 2.75) is 52.6 Å². The Labute approximate surface area is 151 Å². The van der Waals surface area contributed by atoms with Crippen molar-refractivity contribution in [3.8, 4) is 0 Å². The van der Waals surface area contributed by atoms with E-state index < -0.39 is 9.84 Å². The Hall–Kier alpha value is -1.31. The lowest BCUT2D eigenvalue weighted by Crippen LogP contribution is -2.66. The number of hydrogen-bond acceptors (Lipinski definition) is 4. The van der Waals surface area contributed by atoms with Crippen molar-refractivity contribution in [1.29, 1.82) is 0 Å². The van der Waals surface area contributed by atoms with Crippen LogP contribution in [0.2, 0.25) is 0 Å². The summed E-state index contributed by atoms with van der Waals surface area (Å²) >= 11 is 0. The van der Waals surface area contributed by atoms with Crippen molar-refractivity contribution in [3.05, 3.63) is 0 Å². The van der Waals surface area contributed by atoms with E-state index in [2.05, 4.69) is 24.2 Å². The van der Waals surface area contributed by atoms with Gasteiger partial charge in [-0.2, -0.15) is 0 Å². The summed E-state index contributed by atoms with van der Waals surface area (Å²) in [5.41, 5.74) is -0.281. The predicted octanol–water partition coefficient (Wildman–Crippen LogP) is 0.718. The van der Waals surface area contributed by atoms with Gasteiger partial charge in [0.15, 0.2) is 15.8 Å². The van der Waals surface area contributed by atoms with E-state index in [0.29, 0.717) is 38.6 Å². The zero-order valence-corrected chi connectivity index (χ0v) is 16.9. The molecule has 0 bridgehead atoms. The van der Waals surface area contributed by atoms with Gasteiger partial charge < -0.3 is 15.1 Å². The van der Waals surface area contributed by atoms with Crippen LogP contribution in [-0.4, -0.2) is 79.3 Å². The molecule has 2 rings (SSSR count). The molecule has 1 unspecified atom stereocenters. The number of carbonyl (C=O) groups is 1. The maximum absolute atomic E-state index is 12.6. The molecule has 1 amide bonds. The molecule has 1 atom stereocenters. The standard InChI is InChI=1S/C17H32N4O3S/c1-6-18-16(19-9-14-7-8-25(23,24)11-14)20-10-15(22)21(13(2)3)17(4,5)12-20/h13-14H,6-12H2,1-5H3,(H,18,19). The monoisotopic (exact) mass is 372 g/mol. The quantitative estimate of drug-likeness (QED) is 0.581. The van der Waals surface area contributed by atoms with Crippen molar-refractivity contribution < 1.29 is 13.2 Å². The number of carbonyl (C=O) groups excluding carboxylic acids is 1. The third-order valence-corrected chi connectivity index (χ3v) is 6.64. The Bertz CT molecular complexity index is 628. The SMILES string of the molecule is CCNC(=NCC1CCS(=O)(=O)C1)N1CC(=O)N(C(C)C)C(C)(C)C1. The number of nitrogens with zero attached hydrogens (tertiary/aromatic N) is 3. The van der Waals surface area contributed by atoms with Crippen molar-refractivity contribution in [2.24, 2.45) is 10.9 Å². The first kappa shape index (κ1) is 20.0. The average Bonchev–Trinajstić information content (AvgIpc) is 2.80. The molecular weight excluding hydrogens is 340 g/mol. The molecule has 2 heterocycles. The van der Waals surface area contributed by atoms with Crippen molar-refractivity contribution >= 4 is 21.7 Å². The van der Waals surface area contributed by atoms with Gasteiger partial charge in [0.1, 0.15) is 0 Å². The summed E-state index contributed by atoms with van der Waals surface area (Å²) in [4.78, 5) is 21.2. The minimum atomic E-state index is -2.89. The minimum absolute atomic E-state index is 0.0827. The van der Waals surface area contributed by atoms with Gasteiger partial charge >= 0.3 is 0 Å². The number of hydrogen-bond donors (Lipinski definition) is 1. The number of nitrogens with one attached hydrogen (secondary N) is 1. The number of amides is 1. The zero-order chi connectivity index (χ0) is 18.8. The molecule has 0 saturated carbocycles. The van der Waals surface area contributed by atoms with E-state index in [0.717, 1.165) is 0 Å². The summed E-state index contributed by atoms with van der Waals surface area (Å²) in [5, 5.41) is 3.26. The van der Waals surface area contributed by atoms with E-state index in [1.807, 2.05) is 30.6 Å². The number of piperazine rings is 1. The third kappa shape index (κ3) is 4.86. The van der Waals surface area contributed by atoms with Crippen LogP contribution in [0, 0.1) is 5.92 Å². The number of sulfone groups is 1. The minimum Gasteiger partial charge on any atom is -0.357 e. The number of aliphatic imine (C=N–C) groups is 1. The third-order valence-electron chi connectivity index (χ3n) is 4.80. The van der Waals surface area contributed by atoms with E-state index in [1.54, 1.807) is 0 Å². The van der Waals surface area contributed by atoms with E-state index in [1.165, 1.54) is 0 Å². The Morgan fingerprint density at radius 3 is 2.56 bits per heavy atom. The second kappa shape index (κ2) is 7.51. The van der Waals surface area contributed by atoms with E-state index >= 15 is 0 Å². The number of guanidine groups is 1. The predicted molar refractivity (Wildman–Crippen MR) is 100 cm³/mol. The molecule has 0 spiro atoms. The molecule has 0 aromatic carbocycles. The lowest BCUT2D eigenvalue weighted by molar-refractivity contribution is -0.145. The van der Waals surface area contributed by atoms with Crippen LogP contribution in [0.15, 0.2) is 4.99 Å². The molecule has 2 fully saturated rings. The second-order valence-electron chi connectivity index (χ2n) is 7.99. The molecule has 2 aliphatic rings. The van der Waals surface area contributed by atoms with E-state index in [9.17, 15) is 13.2 Å². The van der Waals surface area contributed by atoms with Gasteiger partial charge in [0.2, 0.25) is 5.91 Å². The topological polar surface area (TPSA) is 82.1 Å². The lowest BCUT2D eigenvalue weighted by atomic mass is 9.96. The molecule has 7 nitrogen and oxygen atoms in total. The van der Waals surface area contributed by atoms with Gasteiger partial charge in [-0.1, -0.05) is 0 Å². The van der Waals surface area contributed by atoms with Crippen LogP contribution in [0.4, 0.5) is 0 Å². The molecule has 25 heavy (non-hydrogen) atoms. The summed E-state index contributed by atoms with van der Waals surface area (Å²) in [6, 6.07) is 0.160. The first-order valence-corrected chi connectivity index (χ1v) is 10.9.